The third-order valence-electron chi connectivity index (χ3n) is 4.53. The van der Waals surface area contributed by atoms with E-state index in [9.17, 15) is 9.59 Å². The maximum absolute atomic E-state index is 12.5. The molecule has 0 radical (unpaired) electrons. The third kappa shape index (κ3) is 3.09. The normalized spacial score (nSPS) is 12.5. The molecule has 0 heterocycles. The van der Waals surface area contributed by atoms with Crippen molar-refractivity contribution in [3.63, 3.8) is 0 Å². The van der Waals surface area contributed by atoms with Gasteiger partial charge in [0.1, 0.15) is 0 Å². The molecule has 0 spiro atoms. The second-order valence-electron chi connectivity index (χ2n) is 6.25. The van der Waals surface area contributed by atoms with Gasteiger partial charge in [0.15, 0.2) is 5.78 Å². The van der Waals surface area contributed by atoms with E-state index in [1.165, 1.54) is 0 Å². The molecule has 4 rings (SSSR count). The van der Waals surface area contributed by atoms with Crippen LogP contribution in [0, 0.1) is 0 Å². The van der Waals surface area contributed by atoms with Crippen LogP contribution in [0.5, 0.6) is 0 Å². The fraction of sp³-hybridized carbons (Fsp3) is 0.0909. The van der Waals surface area contributed by atoms with Crippen molar-refractivity contribution in [1.29, 1.82) is 0 Å². The zero-order valence-corrected chi connectivity index (χ0v) is 14.2. The van der Waals surface area contributed by atoms with Gasteiger partial charge < -0.3 is 10.6 Å². The van der Waals surface area contributed by atoms with Crippen molar-refractivity contribution >= 4 is 28.8 Å². The second kappa shape index (κ2) is 6.84. The van der Waals surface area contributed by atoms with Gasteiger partial charge in [-0.15, -0.1) is 0 Å². The topological polar surface area (TPSA) is 58.2 Å². The number of carbonyl (C=O) groups excluding carboxylic acids is 2. The molecule has 2 N–H and O–H groups in total. The van der Waals surface area contributed by atoms with E-state index in [0.717, 1.165) is 16.9 Å². The molecule has 0 fully saturated rings. The van der Waals surface area contributed by atoms with Crippen molar-refractivity contribution in [1.82, 2.24) is 0 Å². The lowest BCUT2D eigenvalue weighted by atomic mass is 10.0. The highest BCUT2D eigenvalue weighted by molar-refractivity contribution is 6.12. The maximum Gasteiger partial charge on any atom is 0.255 e. The molecule has 3 aromatic rings. The Morgan fingerprint density at radius 3 is 2.15 bits per heavy atom. The molecule has 0 aromatic heterocycles. The largest absolute Gasteiger partial charge is 0.355 e. The van der Waals surface area contributed by atoms with Crippen molar-refractivity contribution in [2.24, 2.45) is 0 Å². The van der Waals surface area contributed by atoms with Crippen molar-refractivity contribution in [2.45, 2.75) is 12.8 Å². The van der Waals surface area contributed by atoms with Crippen molar-refractivity contribution < 1.29 is 9.59 Å². The smallest absolute Gasteiger partial charge is 0.255 e. The number of Topliss-reactive ketones (excluding diaryl/α,β-unsaturated/α-hetero) is 1. The van der Waals surface area contributed by atoms with E-state index >= 15 is 0 Å². The number of hydrogen-bond donors (Lipinski definition) is 2. The first kappa shape index (κ1) is 16.1. The van der Waals surface area contributed by atoms with Gasteiger partial charge in [-0.05, 0) is 48.4 Å². The molecule has 26 heavy (non-hydrogen) atoms. The number of rotatable bonds is 4. The number of anilines is 3. The molecular formula is C22H18N2O2. The summed E-state index contributed by atoms with van der Waals surface area (Å²) in [6.07, 6.45) is 1.15. The Kier molecular flexibility index (Phi) is 4.23. The lowest BCUT2D eigenvalue weighted by molar-refractivity contribution is 0.0995. The number of para-hydroxylation sites is 1. The van der Waals surface area contributed by atoms with E-state index in [2.05, 4.69) is 10.6 Å². The second-order valence-corrected chi connectivity index (χ2v) is 6.25. The van der Waals surface area contributed by atoms with Crippen LogP contribution in [-0.4, -0.2) is 11.7 Å². The number of amides is 1. The molecule has 4 heteroatoms. The molecule has 0 bridgehead atoms. The monoisotopic (exact) mass is 342 g/mol. The molecule has 0 saturated heterocycles. The van der Waals surface area contributed by atoms with Gasteiger partial charge in [0.25, 0.3) is 5.91 Å². The first-order valence-electron chi connectivity index (χ1n) is 8.60. The van der Waals surface area contributed by atoms with E-state index < -0.39 is 0 Å². The molecule has 1 aliphatic rings. The van der Waals surface area contributed by atoms with E-state index in [1.807, 2.05) is 54.6 Å². The Morgan fingerprint density at radius 1 is 0.769 bits per heavy atom. The number of nitrogens with one attached hydrogen (secondary N) is 2. The lowest BCUT2D eigenvalue weighted by Gasteiger charge is -2.15. The Bertz CT molecular complexity index is 966. The van der Waals surface area contributed by atoms with Crippen LogP contribution < -0.4 is 10.6 Å². The molecule has 0 atom stereocenters. The SMILES string of the molecule is O=C(Nc1ccc(Nc2ccccc2)c2c1C(=O)CC2)c1ccccc1. The lowest BCUT2D eigenvalue weighted by Crippen LogP contribution is -2.14. The Hall–Kier alpha value is -3.40. The zero-order valence-electron chi connectivity index (χ0n) is 14.2. The van der Waals surface area contributed by atoms with E-state index in [4.69, 9.17) is 0 Å². The number of fused-ring (bicyclic) bond motifs is 1. The van der Waals surface area contributed by atoms with Crippen molar-refractivity contribution in [3.05, 3.63) is 89.5 Å². The minimum atomic E-state index is -0.212. The molecule has 0 unspecified atom stereocenters. The van der Waals surface area contributed by atoms with Gasteiger partial charge in [0.2, 0.25) is 0 Å². The average molecular weight is 342 g/mol. The van der Waals surface area contributed by atoms with Gasteiger partial charge in [0, 0.05) is 28.9 Å². The van der Waals surface area contributed by atoms with Crippen molar-refractivity contribution in [3.8, 4) is 0 Å². The van der Waals surface area contributed by atoms with Crippen LogP contribution in [0.25, 0.3) is 0 Å². The summed E-state index contributed by atoms with van der Waals surface area (Å²) in [5.41, 5.74) is 4.61. The third-order valence-corrected chi connectivity index (χ3v) is 4.53. The molecule has 128 valence electrons. The summed E-state index contributed by atoms with van der Waals surface area (Å²) in [5, 5.41) is 6.26. The molecule has 1 aliphatic carbocycles. The maximum atomic E-state index is 12.5. The number of benzene rings is 3. The highest BCUT2D eigenvalue weighted by Crippen LogP contribution is 2.36. The fourth-order valence-electron chi connectivity index (χ4n) is 3.27. The van der Waals surface area contributed by atoms with Gasteiger partial charge in [-0.3, -0.25) is 9.59 Å². The van der Waals surface area contributed by atoms with Gasteiger partial charge in [-0.1, -0.05) is 36.4 Å². The van der Waals surface area contributed by atoms with Crippen LogP contribution in [0.3, 0.4) is 0 Å². The van der Waals surface area contributed by atoms with Crippen LogP contribution in [0.4, 0.5) is 17.1 Å². The van der Waals surface area contributed by atoms with Crippen LogP contribution in [0.2, 0.25) is 0 Å². The van der Waals surface area contributed by atoms with E-state index in [0.29, 0.717) is 29.7 Å². The first-order valence-corrected chi connectivity index (χ1v) is 8.60. The standard InChI is InChI=1S/C22H18N2O2/c25-20-14-11-17-18(23-16-9-5-2-6-10-16)12-13-19(21(17)20)24-22(26)15-7-3-1-4-8-15/h1-10,12-13,23H,11,14H2,(H,24,26). The Labute approximate surface area is 151 Å². The van der Waals surface area contributed by atoms with Crippen molar-refractivity contribution in [2.75, 3.05) is 10.6 Å². The van der Waals surface area contributed by atoms with Crippen LogP contribution in [0.15, 0.2) is 72.8 Å². The fourth-order valence-corrected chi connectivity index (χ4v) is 3.27. The van der Waals surface area contributed by atoms with Gasteiger partial charge in [-0.2, -0.15) is 0 Å². The van der Waals surface area contributed by atoms with Gasteiger partial charge >= 0.3 is 0 Å². The predicted molar refractivity (Wildman–Crippen MR) is 103 cm³/mol. The van der Waals surface area contributed by atoms with Gasteiger partial charge in [0.05, 0.1) is 5.69 Å². The number of carbonyl (C=O) groups is 2. The van der Waals surface area contributed by atoms with Crippen LogP contribution >= 0.6 is 0 Å². The number of ketones is 1. The van der Waals surface area contributed by atoms with E-state index in [-0.39, 0.29) is 11.7 Å². The first-order chi connectivity index (χ1) is 12.7. The summed E-state index contributed by atoms with van der Waals surface area (Å²) in [5.74, 6) is -0.142. The molecular weight excluding hydrogens is 324 g/mol. The van der Waals surface area contributed by atoms with Crippen LogP contribution in [0.1, 0.15) is 32.7 Å². The summed E-state index contributed by atoms with van der Waals surface area (Å²) in [7, 11) is 0. The molecule has 1 amide bonds. The highest BCUT2D eigenvalue weighted by Gasteiger charge is 2.26. The minimum absolute atomic E-state index is 0.0695. The average Bonchev–Trinajstić information content (AvgIpc) is 3.08. The predicted octanol–water partition coefficient (Wildman–Crippen LogP) is 4.81. The summed E-state index contributed by atoms with van der Waals surface area (Å²) in [6, 6.07) is 22.6. The van der Waals surface area contributed by atoms with Gasteiger partial charge in [-0.25, -0.2) is 0 Å². The van der Waals surface area contributed by atoms with Crippen LogP contribution in [-0.2, 0) is 6.42 Å². The minimum Gasteiger partial charge on any atom is -0.355 e. The molecule has 3 aromatic carbocycles. The Balaban J connectivity index is 1.66. The zero-order chi connectivity index (χ0) is 17.9. The quantitative estimate of drug-likeness (QED) is 0.715. The molecule has 0 aliphatic heterocycles. The summed E-state index contributed by atoms with van der Waals surface area (Å²) < 4.78 is 0. The van der Waals surface area contributed by atoms with E-state index in [1.54, 1.807) is 18.2 Å². The molecule has 4 nitrogen and oxygen atoms in total. The highest BCUT2D eigenvalue weighted by atomic mass is 16.1. The number of hydrogen-bond acceptors (Lipinski definition) is 3. The molecule has 0 saturated carbocycles. The summed E-state index contributed by atoms with van der Waals surface area (Å²) in [4.78, 5) is 24.9. The summed E-state index contributed by atoms with van der Waals surface area (Å²) in [6.45, 7) is 0. The Morgan fingerprint density at radius 2 is 1.42 bits per heavy atom. The summed E-state index contributed by atoms with van der Waals surface area (Å²) >= 11 is 0.